The molecule has 1 aromatic rings. The number of benzene rings is 1. The van der Waals surface area contributed by atoms with Crippen molar-refractivity contribution in [3.05, 3.63) is 35.4 Å². The monoisotopic (exact) mass is 261 g/mol. The Morgan fingerprint density at radius 1 is 1.16 bits per heavy atom. The Hall–Kier alpha value is -0.900. The number of rotatable bonds is 5. The third-order valence-corrected chi connectivity index (χ3v) is 4.13. The smallest absolute Gasteiger partial charge is 0.0294 e. The van der Waals surface area contributed by atoms with Crippen LogP contribution in [0.5, 0.6) is 0 Å². The number of aryl methyl sites for hydroxylation is 1. The highest BCUT2D eigenvalue weighted by atomic mass is 15.2. The van der Waals surface area contributed by atoms with Crippen molar-refractivity contribution in [3.8, 4) is 0 Å². The highest BCUT2D eigenvalue weighted by Gasteiger charge is 2.13. The van der Waals surface area contributed by atoms with Crippen molar-refractivity contribution in [2.75, 3.05) is 46.3 Å². The van der Waals surface area contributed by atoms with Crippen LogP contribution in [0.4, 0.5) is 0 Å². The molecule has 0 bridgehead atoms. The molecule has 1 atom stereocenters. The predicted octanol–water partition coefficient (Wildman–Crippen LogP) is 1.89. The summed E-state index contributed by atoms with van der Waals surface area (Å²) in [6, 6.07) is 9.09. The number of likely N-dealkylation sites (N-methyl/N-ethyl adjacent to an activating group) is 1. The van der Waals surface area contributed by atoms with E-state index in [2.05, 4.69) is 60.3 Å². The van der Waals surface area contributed by atoms with Gasteiger partial charge in [-0.2, -0.15) is 0 Å². The quantitative estimate of drug-likeness (QED) is 0.873. The molecule has 1 aliphatic rings. The van der Waals surface area contributed by atoms with E-state index in [1.807, 2.05) is 0 Å². The van der Waals surface area contributed by atoms with Crippen molar-refractivity contribution < 1.29 is 0 Å². The van der Waals surface area contributed by atoms with Gasteiger partial charge in [0, 0.05) is 45.3 Å². The first-order valence-electron chi connectivity index (χ1n) is 7.36. The lowest BCUT2D eigenvalue weighted by Crippen LogP contribution is -2.46. The van der Waals surface area contributed by atoms with E-state index in [1.165, 1.54) is 37.3 Å². The molecule has 3 heteroatoms. The van der Waals surface area contributed by atoms with Crippen LogP contribution >= 0.6 is 0 Å². The first-order valence-corrected chi connectivity index (χ1v) is 7.36. The van der Waals surface area contributed by atoms with Crippen molar-refractivity contribution >= 4 is 0 Å². The van der Waals surface area contributed by atoms with Gasteiger partial charge < -0.3 is 10.2 Å². The van der Waals surface area contributed by atoms with Crippen LogP contribution in [0.3, 0.4) is 0 Å². The van der Waals surface area contributed by atoms with Crippen molar-refractivity contribution in [1.29, 1.82) is 0 Å². The van der Waals surface area contributed by atoms with Gasteiger partial charge in [-0.15, -0.1) is 0 Å². The van der Waals surface area contributed by atoms with Crippen LogP contribution in [-0.4, -0.2) is 56.1 Å². The Labute approximate surface area is 117 Å². The maximum Gasteiger partial charge on any atom is 0.0294 e. The minimum atomic E-state index is 0.439. The molecule has 0 aromatic heterocycles. The molecule has 0 radical (unpaired) electrons. The molecule has 0 aliphatic carbocycles. The number of hydrogen-bond acceptors (Lipinski definition) is 3. The zero-order valence-electron chi connectivity index (χ0n) is 12.5. The molecule has 0 unspecified atom stereocenters. The van der Waals surface area contributed by atoms with E-state index in [9.17, 15) is 0 Å². The van der Waals surface area contributed by atoms with Gasteiger partial charge in [0.05, 0.1) is 0 Å². The Morgan fingerprint density at radius 2 is 1.84 bits per heavy atom. The van der Waals surface area contributed by atoms with Crippen LogP contribution in [-0.2, 0) is 0 Å². The Morgan fingerprint density at radius 3 is 2.53 bits per heavy atom. The van der Waals surface area contributed by atoms with Gasteiger partial charge in [0.1, 0.15) is 0 Å². The molecule has 2 rings (SSSR count). The Balaban J connectivity index is 1.72. The second kappa shape index (κ2) is 7.04. The number of nitrogens with one attached hydrogen (secondary N) is 1. The van der Waals surface area contributed by atoms with Gasteiger partial charge in [-0.05, 0) is 32.0 Å². The van der Waals surface area contributed by atoms with Gasteiger partial charge in [-0.3, -0.25) is 4.90 Å². The number of hydrogen-bond donors (Lipinski definition) is 1. The van der Waals surface area contributed by atoms with Gasteiger partial charge in [-0.25, -0.2) is 0 Å². The summed E-state index contributed by atoms with van der Waals surface area (Å²) in [6.45, 7) is 11.5. The molecule has 1 N–H and O–H groups in total. The SMILES string of the molecule is Cc1ccccc1[C@H](C)NCCN1CCN(C)CC1. The molecule has 19 heavy (non-hydrogen) atoms. The van der Waals surface area contributed by atoms with Crippen molar-refractivity contribution in [2.24, 2.45) is 0 Å². The van der Waals surface area contributed by atoms with Crippen LogP contribution in [0.15, 0.2) is 24.3 Å². The summed E-state index contributed by atoms with van der Waals surface area (Å²) >= 11 is 0. The normalized spacial score (nSPS) is 19.5. The zero-order chi connectivity index (χ0) is 13.7. The molecule has 0 saturated carbocycles. The molecule has 3 nitrogen and oxygen atoms in total. The van der Waals surface area contributed by atoms with Crippen LogP contribution in [0.2, 0.25) is 0 Å². The number of piperazine rings is 1. The average molecular weight is 261 g/mol. The zero-order valence-corrected chi connectivity index (χ0v) is 12.5. The van der Waals surface area contributed by atoms with Crippen LogP contribution in [0, 0.1) is 6.92 Å². The van der Waals surface area contributed by atoms with Crippen LogP contribution in [0.1, 0.15) is 24.1 Å². The standard InChI is InChI=1S/C16H27N3/c1-14-6-4-5-7-16(14)15(2)17-8-9-19-12-10-18(3)11-13-19/h4-7,15,17H,8-13H2,1-3H3/t15-/m0/s1. The van der Waals surface area contributed by atoms with Crippen molar-refractivity contribution in [2.45, 2.75) is 19.9 Å². The third kappa shape index (κ3) is 4.30. The minimum Gasteiger partial charge on any atom is -0.309 e. The first kappa shape index (κ1) is 14.5. The second-order valence-electron chi connectivity index (χ2n) is 5.68. The fourth-order valence-corrected chi connectivity index (χ4v) is 2.69. The minimum absolute atomic E-state index is 0.439. The summed E-state index contributed by atoms with van der Waals surface area (Å²) in [5.74, 6) is 0. The van der Waals surface area contributed by atoms with Gasteiger partial charge in [-0.1, -0.05) is 24.3 Å². The average Bonchev–Trinajstić information content (AvgIpc) is 2.41. The molecule has 1 aromatic carbocycles. The topological polar surface area (TPSA) is 18.5 Å². The summed E-state index contributed by atoms with van der Waals surface area (Å²) in [6.07, 6.45) is 0. The summed E-state index contributed by atoms with van der Waals surface area (Å²) in [5.41, 5.74) is 2.79. The first-order chi connectivity index (χ1) is 9.16. The summed E-state index contributed by atoms with van der Waals surface area (Å²) in [7, 11) is 2.20. The molecule has 0 amide bonds. The lowest BCUT2D eigenvalue weighted by atomic mass is 10.0. The summed E-state index contributed by atoms with van der Waals surface area (Å²) in [5, 5.41) is 3.64. The Bertz CT molecular complexity index is 383. The molecule has 1 heterocycles. The summed E-state index contributed by atoms with van der Waals surface area (Å²) < 4.78 is 0. The highest BCUT2D eigenvalue weighted by Crippen LogP contribution is 2.16. The van der Waals surface area contributed by atoms with Crippen LogP contribution in [0.25, 0.3) is 0 Å². The van der Waals surface area contributed by atoms with Gasteiger partial charge in [0.15, 0.2) is 0 Å². The summed E-state index contributed by atoms with van der Waals surface area (Å²) in [4.78, 5) is 4.96. The third-order valence-electron chi connectivity index (χ3n) is 4.13. The maximum absolute atomic E-state index is 3.64. The fraction of sp³-hybridized carbons (Fsp3) is 0.625. The van der Waals surface area contributed by atoms with Gasteiger partial charge >= 0.3 is 0 Å². The van der Waals surface area contributed by atoms with Crippen LogP contribution < -0.4 is 5.32 Å². The Kier molecular flexibility index (Phi) is 5.37. The lowest BCUT2D eigenvalue weighted by Gasteiger charge is -2.32. The van der Waals surface area contributed by atoms with E-state index < -0.39 is 0 Å². The largest absolute Gasteiger partial charge is 0.309 e. The van der Waals surface area contributed by atoms with E-state index in [0.29, 0.717) is 6.04 Å². The van der Waals surface area contributed by atoms with E-state index in [0.717, 1.165) is 13.1 Å². The molecule has 1 saturated heterocycles. The molecule has 1 aliphatic heterocycles. The van der Waals surface area contributed by atoms with Crippen molar-refractivity contribution in [1.82, 2.24) is 15.1 Å². The van der Waals surface area contributed by atoms with Crippen molar-refractivity contribution in [3.63, 3.8) is 0 Å². The molecule has 0 spiro atoms. The van der Waals surface area contributed by atoms with E-state index in [4.69, 9.17) is 0 Å². The number of nitrogens with zero attached hydrogens (tertiary/aromatic N) is 2. The fourth-order valence-electron chi connectivity index (χ4n) is 2.69. The van der Waals surface area contributed by atoms with E-state index >= 15 is 0 Å². The van der Waals surface area contributed by atoms with E-state index in [-0.39, 0.29) is 0 Å². The molecular weight excluding hydrogens is 234 g/mol. The van der Waals surface area contributed by atoms with Gasteiger partial charge in [0.2, 0.25) is 0 Å². The molecule has 106 valence electrons. The predicted molar refractivity (Wildman–Crippen MR) is 81.5 cm³/mol. The molecular formula is C16H27N3. The van der Waals surface area contributed by atoms with E-state index in [1.54, 1.807) is 0 Å². The second-order valence-corrected chi connectivity index (χ2v) is 5.68. The highest BCUT2D eigenvalue weighted by molar-refractivity contribution is 5.28. The molecule has 1 fully saturated rings. The lowest BCUT2D eigenvalue weighted by molar-refractivity contribution is 0.154. The van der Waals surface area contributed by atoms with Gasteiger partial charge in [0.25, 0.3) is 0 Å². The maximum atomic E-state index is 3.64.